The second-order valence-corrected chi connectivity index (χ2v) is 3.39. The molecule has 0 spiro atoms. The maximum Gasteiger partial charge on any atom is 0.145 e. The van der Waals surface area contributed by atoms with Crippen molar-refractivity contribution in [2.75, 3.05) is 0 Å². The number of hydrogen-bond donors (Lipinski definition) is 1. The van der Waals surface area contributed by atoms with Crippen molar-refractivity contribution in [1.29, 1.82) is 0 Å². The van der Waals surface area contributed by atoms with Crippen molar-refractivity contribution in [3.8, 4) is 0 Å². The van der Waals surface area contributed by atoms with Crippen LogP contribution in [0.2, 0.25) is 0 Å². The van der Waals surface area contributed by atoms with Crippen molar-refractivity contribution in [1.82, 2.24) is 0 Å². The Morgan fingerprint density at radius 1 is 1.29 bits per heavy atom. The molecule has 3 nitrogen and oxygen atoms in total. The molecule has 0 amide bonds. The van der Waals surface area contributed by atoms with E-state index in [-0.39, 0.29) is 5.78 Å². The van der Waals surface area contributed by atoms with E-state index < -0.39 is 6.23 Å². The summed E-state index contributed by atoms with van der Waals surface area (Å²) >= 11 is 0. The van der Waals surface area contributed by atoms with Crippen molar-refractivity contribution in [3.05, 3.63) is 0 Å². The molecule has 0 rings (SSSR count). The van der Waals surface area contributed by atoms with Crippen molar-refractivity contribution in [2.45, 2.75) is 59.1 Å². The molecule has 82 valence electrons. The summed E-state index contributed by atoms with van der Waals surface area (Å²) in [5.41, 5.74) is 0.817. The van der Waals surface area contributed by atoms with E-state index in [0.29, 0.717) is 19.3 Å². The van der Waals surface area contributed by atoms with Gasteiger partial charge >= 0.3 is 0 Å². The molecule has 0 aromatic carbocycles. The standard InChI is InChI=1S/C11H21NO2/c1-4-7-11(14)12-9(5-2)8-10(13)6-3/h11,14H,4-8H2,1-3H3/b12-9-. The van der Waals surface area contributed by atoms with Crippen LogP contribution in [0, 0.1) is 0 Å². The minimum absolute atomic E-state index is 0.189. The second kappa shape index (κ2) is 7.68. The third-order valence-electron chi connectivity index (χ3n) is 2.08. The summed E-state index contributed by atoms with van der Waals surface area (Å²) in [5, 5.41) is 9.44. The Labute approximate surface area is 86.2 Å². The van der Waals surface area contributed by atoms with Crippen LogP contribution in [0.25, 0.3) is 0 Å². The molecule has 0 aromatic rings. The fraction of sp³-hybridized carbons (Fsp3) is 0.818. The fourth-order valence-corrected chi connectivity index (χ4v) is 1.15. The van der Waals surface area contributed by atoms with Gasteiger partial charge in [0.05, 0.1) is 0 Å². The molecule has 0 aromatic heterocycles. The molecule has 0 saturated heterocycles. The first-order valence-electron chi connectivity index (χ1n) is 5.39. The maximum absolute atomic E-state index is 11.2. The van der Waals surface area contributed by atoms with Crippen LogP contribution in [-0.4, -0.2) is 22.8 Å². The summed E-state index contributed by atoms with van der Waals surface area (Å²) in [6, 6.07) is 0. The maximum atomic E-state index is 11.2. The van der Waals surface area contributed by atoms with Gasteiger partial charge in [-0.3, -0.25) is 9.79 Å². The number of carbonyl (C=O) groups is 1. The van der Waals surface area contributed by atoms with Crippen LogP contribution in [0.4, 0.5) is 0 Å². The van der Waals surface area contributed by atoms with Crippen LogP contribution < -0.4 is 0 Å². The molecular weight excluding hydrogens is 178 g/mol. The van der Waals surface area contributed by atoms with E-state index in [1.165, 1.54) is 0 Å². The number of rotatable bonds is 7. The van der Waals surface area contributed by atoms with Gasteiger partial charge in [-0.15, -0.1) is 0 Å². The number of hydrogen-bond acceptors (Lipinski definition) is 3. The fourth-order valence-electron chi connectivity index (χ4n) is 1.15. The largest absolute Gasteiger partial charge is 0.372 e. The van der Waals surface area contributed by atoms with Crippen molar-refractivity contribution in [2.24, 2.45) is 4.99 Å². The Hall–Kier alpha value is -0.700. The molecule has 1 atom stereocenters. The van der Waals surface area contributed by atoms with Gasteiger partial charge in [-0.1, -0.05) is 27.2 Å². The van der Waals surface area contributed by atoms with Gasteiger partial charge in [0.1, 0.15) is 12.0 Å². The minimum Gasteiger partial charge on any atom is -0.372 e. The zero-order valence-electron chi connectivity index (χ0n) is 9.42. The molecule has 1 unspecified atom stereocenters. The number of aliphatic hydroxyl groups is 1. The predicted molar refractivity (Wildman–Crippen MR) is 58.6 cm³/mol. The highest BCUT2D eigenvalue weighted by Crippen LogP contribution is 2.03. The van der Waals surface area contributed by atoms with Crippen LogP contribution in [0.1, 0.15) is 52.9 Å². The average Bonchev–Trinajstić information content (AvgIpc) is 2.16. The summed E-state index contributed by atoms with van der Waals surface area (Å²) in [7, 11) is 0. The van der Waals surface area contributed by atoms with Gasteiger partial charge in [-0.25, -0.2) is 0 Å². The van der Waals surface area contributed by atoms with Gasteiger partial charge in [0, 0.05) is 18.6 Å². The van der Waals surface area contributed by atoms with E-state index in [4.69, 9.17) is 0 Å². The van der Waals surface area contributed by atoms with Crippen LogP contribution >= 0.6 is 0 Å². The lowest BCUT2D eigenvalue weighted by atomic mass is 10.1. The predicted octanol–water partition coefficient (Wildman–Crippen LogP) is 2.33. The van der Waals surface area contributed by atoms with E-state index >= 15 is 0 Å². The summed E-state index contributed by atoms with van der Waals surface area (Å²) in [4.78, 5) is 15.3. The van der Waals surface area contributed by atoms with E-state index in [2.05, 4.69) is 4.99 Å². The number of Topliss-reactive ketones (excluding diaryl/α,β-unsaturated/α-hetero) is 1. The van der Waals surface area contributed by atoms with E-state index in [1.54, 1.807) is 0 Å². The van der Waals surface area contributed by atoms with Crippen molar-refractivity contribution >= 4 is 11.5 Å². The smallest absolute Gasteiger partial charge is 0.145 e. The number of aliphatic hydroxyl groups excluding tert-OH is 1. The van der Waals surface area contributed by atoms with E-state index in [9.17, 15) is 9.90 Å². The Bertz CT molecular complexity index is 199. The highest BCUT2D eigenvalue weighted by atomic mass is 16.3. The quantitative estimate of drug-likeness (QED) is 0.640. The zero-order chi connectivity index (χ0) is 11.0. The number of carbonyl (C=O) groups excluding carboxylic acids is 1. The molecule has 1 N–H and O–H groups in total. The monoisotopic (exact) mass is 199 g/mol. The molecule has 0 aliphatic rings. The van der Waals surface area contributed by atoms with Gasteiger partial charge < -0.3 is 5.11 Å². The van der Waals surface area contributed by atoms with Gasteiger partial charge in [0.15, 0.2) is 0 Å². The third-order valence-corrected chi connectivity index (χ3v) is 2.08. The zero-order valence-corrected chi connectivity index (χ0v) is 9.42. The lowest BCUT2D eigenvalue weighted by Gasteiger charge is -2.07. The molecule has 0 heterocycles. The van der Waals surface area contributed by atoms with Crippen LogP contribution in [0.5, 0.6) is 0 Å². The van der Waals surface area contributed by atoms with Crippen LogP contribution in [0.15, 0.2) is 4.99 Å². The third kappa shape index (κ3) is 5.86. The Morgan fingerprint density at radius 3 is 2.36 bits per heavy atom. The molecule has 14 heavy (non-hydrogen) atoms. The number of aliphatic imine (C=N–C) groups is 1. The Balaban J connectivity index is 4.16. The molecule has 3 heteroatoms. The van der Waals surface area contributed by atoms with Crippen LogP contribution in [-0.2, 0) is 4.79 Å². The summed E-state index contributed by atoms with van der Waals surface area (Å²) < 4.78 is 0. The number of ketones is 1. The Kier molecular flexibility index (Phi) is 7.30. The normalized spacial score (nSPS) is 14.1. The van der Waals surface area contributed by atoms with Crippen LogP contribution in [0.3, 0.4) is 0 Å². The first-order valence-corrected chi connectivity index (χ1v) is 5.39. The SMILES string of the molecule is CCCC(O)/N=C(/CC)CC(=O)CC. The lowest BCUT2D eigenvalue weighted by molar-refractivity contribution is -0.117. The molecular formula is C11H21NO2. The van der Waals surface area contributed by atoms with Crippen molar-refractivity contribution < 1.29 is 9.90 Å². The minimum atomic E-state index is -0.625. The molecule has 0 saturated carbocycles. The highest BCUT2D eigenvalue weighted by molar-refractivity contribution is 6.01. The summed E-state index contributed by atoms with van der Waals surface area (Å²) in [6.45, 7) is 5.81. The first kappa shape index (κ1) is 13.3. The molecule has 0 fully saturated rings. The molecule has 0 radical (unpaired) electrons. The van der Waals surface area contributed by atoms with Gasteiger partial charge in [0.2, 0.25) is 0 Å². The van der Waals surface area contributed by atoms with Crippen molar-refractivity contribution in [3.63, 3.8) is 0 Å². The average molecular weight is 199 g/mol. The van der Waals surface area contributed by atoms with Gasteiger partial charge in [0.25, 0.3) is 0 Å². The second-order valence-electron chi connectivity index (χ2n) is 3.39. The summed E-state index contributed by atoms with van der Waals surface area (Å²) in [6.07, 6.45) is 2.63. The van der Waals surface area contributed by atoms with Gasteiger partial charge in [-0.2, -0.15) is 0 Å². The van der Waals surface area contributed by atoms with E-state index in [1.807, 2.05) is 20.8 Å². The molecule has 0 aliphatic carbocycles. The highest BCUT2D eigenvalue weighted by Gasteiger charge is 2.06. The molecule has 0 bridgehead atoms. The van der Waals surface area contributed by atoms with Gasteiger partial charge in [-0.05, 0) is 12.8 Å². The lowest BCUT2D eigenvalue weighted by Crippen LogP contribution is -2.11. The topological polar surface area (TPSA) is 49.7 Å². The summed E-state index contributed by atoms with van der Waals surface area (Å²) in [5.74, 6) is 0.189. The molecule has 0 aliphatic heterocycles. The Morgan fingerprint density at radius 2 is 1.93 bits per heavy atom. The number of nitrogens with zero attached hydrogens (tertiary/aromatic N) is 1. The van der Waals surface area contributed by atoms with E-state index in [0.717, 1.165) is 18.6 Å². The first-order chi connectivity index (χ1) is 6.63.